The molecule has 1 aliphatic heterocycles. The molecule has 3 aromatic rings. The molecule has 1 unspecified atom stereocenters. The van der Waals surface area contributed by atoms with Crippen molar-refractivity contribution in [1.82, 2.24) is 4.90 Å². The van der Waals surface area contributed by atoms with Crippen LogP contribution in [0.3, 0.4) is 0 Å². The number of aliphatic hydroxyl groups is 1. The second-order valence-electron chi connectivity index (χ2n) is 6.76. The molecule has 1 aromatic heterocycles. The molecule has 6 nitrogen and oxygen atoms in total. The molecule has 0 spiro atoms. The highest BCUT2D eigenvalue weighted by Gasteiger charge is 2.47. The van der Waals surface area contributed by atoms with E-state index in [0.29, 0.717) is 27.7 Å². The lowest BCUT2D eigenvalue weighted by atomic mass is 9.94. The molecule has 1 fully saturated rings. The van der Waals surface area contributed by atoms with Crippen molar-refractivity contribution in [2.24, 2.45) is 0 Å². The van der Waals surface area contributed by atoms with E-state index in [-0.39, 0.29) is 17.9 Å². The third kappa shape index (κ3) is 3.46. The highest BCUT2D eigenvalue weighted by Crippen LogP contribution is 2.43. The Bertz CT molecular complexity index is 1120. The molecule has 4 rings (SSSR count). The number of rotatable bonds is 5. The summed E-state index contributed by atoms with van der Waals surface area (Å²) >= 11 is 5.94. The summed E-state index contributed by atoms with van der Waals surface area (Å²) in [6.45, 7) is 0.0671. The van der Waals surface area contributed by atoms with Gasteiger partial charge in [0.25, 0.3) is 11.7 Å². The van der Waals surface area contributed by atoms with Gasteiger partial charge < -0.3 is 19.2 Å². The molecular formula is C23H18ClNO5. The lowest BCUT2D eigenvalue weighted by Crippen LogP contribution is -2.29. The van der Waals surface area contributed by atoms with Gasteiger partial charge in [-0.2, -0.15) is 0 Å². The second-order valence-corrected chi connectivity index (χ2v) is 7.19. The molecule has 0 aliphatic carbocycles. The number of nitrogens with zero attached hydrogens (tertiary/aromatic N) is 1. The van der Waals surface area contributed by atoms with Gasteiger partial charge in [0.1, 0.15) is 17.3 Å². The monoisotopic (exact) mass is 423 g/mol. The molecule has 30 heavy (non-hydrogen) atoms. The number of ketones is 1. The Labute approximate surface area is 177 Å². The van der Waals surface area contributed by atoms with E-state index in [1.54, 1.807) is 60.7 Å². The topological polar surface area (TPSA) is 80.0 Å². The number of furan rings is 1. The summed E-state index contributed by atoms with van der Waals surface area (Å²) in [5, 5.41) is 11.5. The van der Waals surface area contributed by atoms with Crippen LogP contribution in [0.25, 0.3) is 5.76 Å². The molecular weight excluding hydrogens is 406 g/mol. The van der Waals surface area contributed by atoms with Crippen LogP contribution in [-0.2, 0) is 16.1 Å². The molecule has 1 aliphatic rings. The summed E-state index contributed by atoms with van der Waals surface area (Å²) in [5.74, 6) is -0.760. The molecule has 1 saturated heterocycles. The number of para-hydroxylation sites is 1. The molecule has 0 radical (unpaired) electrons. The van der Waals surface area contributed by atoms with Crippen LogP contribution in [0.15, 0.2) is 76.9 Å². The standard InChI is InChI=1S/C23H18ClNO5/c1-29-18-7-3-2-6-17(18)20-19(21(26)14-8-10-15(24)11-9-14)22(27)23(28)25(20)13-16-5-4-12-30-16/h2-12,20,26H,13H2,1H3/b21-19+. The Morgan fingerprint density at radius 3 is 2.50 bits per heavy atom. The number of carbonyl (C=O) groups is 2. The number of ether oxygens (including phenoxy) is 1. The minimum atomic E-state index is -0.845. The fourth-order valence-electron chi connectivity index (χ4n) is 3.59. The number of aliphatic hydroxyl groups excluding tert-OH is 1. The van der Waals surface area contributed by atoms with Crippen molar-refractivity contribution in [1.29, 1.82) is 0 Å². The highest BCUT2D eigenvalue weighted by molar-refractivity contribution is 6.46. The van der Waals surface area contributed by atoms with Gasteiger partial charge in [-0.05, 0) is 42.5 Å². The maximum absolute atomic E-state index is 13.0. The Balaban J connectivity index is 1.90. The van der Waals surface area contributed by atoms with E-state index < -0.39 is 17.7 Å². The van der Waals surface area contributed by atoms with Crippen molar-refractivity contribution in [3.05, 3.63) is 94.4 Å². The van der Waals surface area contributed by atoms with Crippen molar-refractivity contribution in [2.45, 2.75) is 12.6 Å². The van der Waals surface area contributed by atoms with E-state index in [0.717, 1.165) is 0 Å². The molecule has 2 heterocycles. The van der Waals surface area contributed by atoms with Gasteiger partial charge in [0, 0.05) is 16.1 Å². The van der Waals surface area contributed by atoms with Gasteiger partial charge in [-0.3, -0.25) is 9.59 Å². The molecule has 2 aromatic carbocycles. The largest absolute Gasteiger partial charge is 0.507 e. The number of methoxy groups -OCH3 is 1. The number of Topliss-reactive ketones (excluding diaryl/α,β-unsaturated/α-hetero) is 1. The van der Waals surface area contributed by atoms with Crippen LogP contribution in [0.5, 0.6) is 5.75 Å². The van der Waals surface area contributed by atoms with Gasteiger partial charge in [-0.1, -0.05) is 29.8 Å². The summed E-state index contributed by atoms with van der Waals surface area (Å²) in [4.78, 5) is 27.3. The average molecular weight is 424 g/mol. The summed E-state index contributed by atoms with van der Waals surface area (Å²) in [7, 11) is 1.51. The fraction of sp³-hybridized carbons (Fsp3) is 0.130. The van der Waals surface area contributed by atoms with Gasteiger partial charge in [-0.25, -0.2) is 0 Å². The van der Waals surface area contributed by atoms with Gasteiger partial charge in [0.15, 0.2) is 0 Å². The van der Waals surface area contributed by atoms with Crippen molar-refractivity contribution in [3.63, 3.8) is 0 Å². The Morgan fingerprint density at radius 1 is 1.10 bits per heavy atom. The Kier molecular flexibility index (Phi) is 5.33. The second kappa shape index (κ2) is 8.08. The maximum Gasteiger partial charge on any atom is 0.296 e. The molecule has 0 saturated carbocycles. The minimum absolute atomic E-state index is 0.0154. The maximum atomic E-state index is 13.0. The average Bonchev–Trinajstić information content (AvgIpc) is 3.36. The number of hydrogen-bond acceptors (Lipinski definition) is 5. The van der Waals surface area contributed by atoms with E-state index in [1.165, 1.54) is 18.3 Å². The predicted molar refractivity (Wildman–Crippen MR) is 111 cm³/mol. The first kappa shape index (κ1) is 19.8. The third-order valence-electron chi connectivity index (χ3n) is 5.00. The first-order valence-corrected chi connectivity index (χ1v) is 9.58. The quantitative estimate of drug-likeness (QED) is 0.369. The Hall–Kier alpha value is -3.51. The number of carbonyl (C=O) groups excluding carboxylic acids is 2. The number of benzene rings is 2. The van der Waals surface area contributed by atoms with Gasteiger partial charge in [-0.15, -0.1) is 0 Å². The van der Waals surface area contributed by atoms with E-state index in [9.17, 15) is 14.7 Å². The molecule has 0 bridgehead atoms. The van der Waals surface area contributed by atoms with Crippen LogP contribution in [0.2, 0.25) is 5.02 Å². The van der Waals surface area contributed by atoms with Crippen LogP contribution in [-0.4, -0.2) is 28.8 Å². The zero-order valence-corrected chi connectivity index (χ0v) is 16.8. The zero-order chi connectivity index (χ0) is 21.3. The predicted octanol–water partition coefficient (Wildman–Crippen LogP) is 4.56. The zero-order valence-electron chi connectivity index (χ0n) is 16.0. The van der Waals surface area contributed by atoms with E-state index in [4.69, 9.17) is 20.8 Å². The van der Waals surface area contributed by atoms with Crippen LogP contribution in [0.1, 0.15) is 22.9 Å². The fourth-order valence-corrected chi connectivity index (χ4v) is 3.72. The van der Waals surface area contributed by atoms with Crippen LogP contribution < -0.4 is 4.74 Å². The molecule has 7 heteroatoms. The molecule has 152 valence electrons. The minimum Gasteiger partial charge on any atom is -0.507 e. The van der Waals surface area contributed by atoms with Gasteiger partial charge >= 0.3 is 0 Å². The van der Waals surface area contributed by atoms with Crippen molar-refractivity contribution >= 4 is 29.1 Å². The summed E-state index contributed by atoms with van der Waals surface area (Å²) in [6.07, 6.45) is 1.50. The van der Waals surface area contributed by atoms with Crippen LogP contribution in [0, 0.1) is 0 Å². The normalized spacial score (nSPS) is 18.1. The Morgan fingerprint density at radius 2 is 1.83 bits per heavy atom. The SMILES string of the molecule is COc1ccccc1C1/C(=C(\O)c2ccc(Cl)cc2)C(=O)C(=O)N1Cc1ccco1. The van der Waals surface area contributed by atoms with Gasteiger partial charge in [0.2, 0.25) is 0 Å². The smallest absolute Gasteiger partial charge is 0.296 e. The van der Waals surface area contributed by atoms with E-state index >= 15 is 0 Å². The lowest BCUT2D eigenvalue weighted by molar-refractivity contribution is -0.140. The van der Waals surface area contributed by atoms with Crippen molar-refractivity contribution in [2.75, 3.05) is 7.11 Å². The van der Waals surface area contributed by atoms with Crippen molar-refractivity contribution < 1.29 is 23.8 Å². The number of hydrogen-bond donors (Lipinski definition) is 1. The van der Waals surface area contributed by atoms with E-state index in [1.807, 2.05) is 0 Å². The number of likely N-dealkylation sites (tertiary alicyclic amines) is 1. The third-order valence-corrected chi connectivity index (χ3v) is 5.25. The van der Waals surface area contributed by atoms with Crippen LogP contribution in [0.4, 0.5) is 0 Å². The summed E-state index contributed by atoms with van der Waals surface area (Å²) < 4.78 is 10.9. The van der Waals surface area contributed by atoms with Crippen LogP contribution >= 0.6 is 11.6 Å². The molecule has 1 atom stereocenters. The first-order valence-electron chi connectivity index (χ1n) is 9.21. The summed E-state index contributed by atoms with van der Waals surface area (Å²) in [5.41, 5.74) is 0.954. The first-order chi connectivity index (χ1) is 14.5. The summed E-state index contributed by atoms with van der Waals surface area (Å²) in [6, 6.07) is 16.1. The number of amides is 1. The number of halogens is 1. The molecule has 1 N–H and O–H groups in total. The van der Waals surface area contributed by atoms with Crippen molar-refractivity contribution in [3.8, 4) is 5.75 Å². The van der Waals surface area contributed by atoms with Gasteiger partial charge in [0.05, 0.1) is 31.5 Å². The lowest BCUT2D eigenvalue weighted by Gasteiger charge is -2.25. The van der Waals surface area contributed by atoms with E-state index in [2.05, 4.69) is 0 Å². The highest BCUT2D eigenvalue weighted by atomic mass is 35.5. The molecule has 1 amide bonds.